The van der Waals surface area contributed by atoms with E-state index in [1.807, 2.05) is 21.8 Å². The average Bonchev–Trinajstić information content (AvgIpc) is 3.20. The zero-order valence-corrected chi connectivity index (χ0v) is 16.4. The quantitative estimate of drug-likeness (QED) is 0.791. The van der Waals surface area contributed by atoms with Gasteiger partial charge < -0.3 is 15.3 Å². The van der Waals surface area contributed by atoms with E-state index in [-0.39, 0.29) is 35.4 Å². The minimum absolute atomic E-state index is 0.00320. The van der Waals surface area contributed by atoms with Crippen LogP contribution in [-0.2, 0) is 16.1 Å². The third kappa shape index (κ3) is 4.34. The fourth-order valence-electron chi connectivity index (χ4n) is 4.95. The molecule has 2 amide bonds. The Morgan fingerprint density at radius 1 is 1.33 bits per heavy atom. The molecule has 4 atom stereocenters. The van der Waals surface area contributed by atoms with Crippen LogP contribution >= 0.6 is 0 Å². The summed E-state index contributed by atoms with van der Waals surface area (Å²) in [6.07, 6.45) is 8.92. The van der Waals surface area contributed by atoms with E-state index in [0.29, 0.717) is 13.0 Å². The monoisotopic (exact) mass is 376 g/mol. The fraction of sp³-hybridized carbons (Fsp3) is 0.750. The lowest BCUT2D eigenvalue weighted by Crippen LogP contribution is -2.48. The Hall–Kier alpha value is -1.89. The minimum atomic E-state index is -0.387. The van der Waals surface area contributed by atoms with Crippen LogP contribution in [0.2, 0.25) is 0 Å². The molecule has 150 valence electrons. The molecule has 1 saturated carbocycles. The Kier molecular flexibility index (Phi) is 6.19. The van der Waals surface area contributed by atoms with Gasteiger partial charge in [-0.15, -0.1) is 0 Å². The van der Waals surface area contributed by atoms with Crippen LogP contribution in [0.4, 0.5) is 0 Å². The molecule has 1 saturated heterocycles. The molecule has 2 aliphatic rings. The summed E-state index contributed by atoms with van der Waals surface area (Å²) in [5.41, 5.74) is -0.280. The number of aryl methyl sites for hydroxylation is 1. The van der Waals surface area contributed by atoms with Crippen molar-refractivity contribution in [3.05, 3.63) is 18.5 Å². The van der Waals surface area contributed by atoms with E-state index in [4.69, 9.17) is 0 Å². The number of aliphatic hydroxyl groups is 1. The van der Waals surface area contributed by atoms with Crippen LogP contribution in [-0.4, -0.2) is 56.3 Å². The first-order valence-electron chi connectivity index (χ1n) is 10.1. The molecule has 2 N–H and O–H groups in total. The lowest BCUT2D eigenvalue weighted by Gasteiger charge is -2.37. The van der Waals surface area contributed by atoms with Gasteiger partial charge in [0.2, 0.25) is 11.8 Å². The maximum Gasteiger partial charge on any atom is 0.220 e. The summed E-state index contributed by atoms with van der Waals surface area (Å²) < 4.78 is 1.82. The van der Waals surface area contributed by atoms with Gasteiger partial charge in [0.1, 0.15) is 0 Å². The molecule has 7 nitrogen and oxygen atoms in total. The largest absolute Gasteiger partial charge is 0.392 e. The number of nitrogens with one attached hydrogen (secondary N) is 1. The number of carbonyl (C=O) groups excluding carboxylic acids is 2. The number of carbonyl (C=O) groups is 2. The van der Waals surface area contributed by atoms with Crippen molar-refractivity contribution < 1.29 is 14.7 Å². The normalized spacial score (nSPS) is 30.6. The van der Waals surface area contributed by atoms with Gasteiger partial charge in [-0.25, -0.2) is 0 Å². The average molecular weight is 377 g/mol. The molecule has 2 heterocycles. The van der Waals surface area contributed by atoms with Crippen molar-refractivity contribution in [2.24, 2.45) is 5.41 Å². The van der Waals surface area contributed by atoms with Crippen LogP contribution in [0.3, 0.4) is 0 Å². The van der Waals surface area contributed by atoms with E-state index < -0.39 is 0 Å². The molecule has 0 bridgehead atoms. The molecular weight excluding hydrogens is 344 g/mol. The second-order valence-electron chi connectivity index (χ2n) is 8.28. The Labute approximate surface area is 161 Å². The van der Waals surface area contributed by atoms with Gasteiger partial charge in [0.15, 0.2) is 0 Å². The van der Waals surface area contributed by atoms with Gasteiger partial charge in [0.05, 0.1) is 12.1 Å². The van der Waals surface area contributed by atoms with Gasteiger partial charge in [-0.05, 0) is 31.7 Å². The first kappa shape index (κ1) is 19.9. The molecule has 1 aliphatic carbocycles. The summed E-state index contributed by atoms with van der Waals surface area (Å²) in [4.78, 5) is 26.5. The van der Waals surface area contributed by atoms with Crippen molar-refractivity contribution in [3.63, 3.8) is 0 Å². The van der Waals surface area contributed by atoms with Crippen molar-refractivity contribution >= 4 is 11.8 Å². The molecule has 3 rings (SSSR count). The summed E-state index contributed by atoms with van der Waals surface area (Å²) in [6, 6.07) is 1.89. The molecule has 0 spiro atoms. The predicted molar refractivity (Wildman–Crippen MR) is 102 cm³/mol. The number of amides is 2. The standard InChI is InChI=1S/C20H32N4O3/c1-15(25)24-16(13-20(2)17(24)7-3-4-8-18(20)26)14-21-19(27)9-5-11-23-12-6-10-22-23/h6,10,12,16-18,26H,3-5,7-9,11,13-14H2,1-2H3,(H,21,27)/t16-,17-,18+,20-/m1/s1. The maximum atomic E-state index is 12.3. The SMILES string of the molecule is CC(=O)N1[C@@H](CNC(=O)CCCn2cccn2)C[C@@]2(C)[C@@H](O)CCCC[C@@H]12. The number of nitrogens with zero attached hydrogens (tertiary/aromatic N) is 3. The van der Waals surface area contributed by atoms with Crippen molar-refractivity contribution in [3.8, 4) is 0 Å². The van der Waals surface area contributed by atoms with Crippen LogP contribution in [0.1, 0.15) is 58.8 Å². The molecule has 2 fully saturated rings. The number of fused-ring (bicyclic) bond motifs is 1. The van der Waals surface area contributed by atoms with Gasteiger partial charge in [-0.1, -0.05) is 19.8 Å². The smallest absolute Gasteiger partial charge is 0.220 e. The summed E-state index contributed by atoms with van der Waals surface area (Å²) in [5, 5.41) is 17.8. The molecular formula is C20H32N4O3. The second kappa shape index (κ2) is 8.42. The molecule has 1 aliphatic heterocycles. The van der Waals surface area contributed by atoms with E-state index in [2.05, 4.69) is 17.3 Å². The molecule has 7 heteroatoms. The van der Waals surface area contributed by atoms with Gasteiger partial charge in [-0.2, -0.15) is 5.10 Å². The van der Waals surface area contributed by atoms with Gasteiger partial charge in [0.25, 0.3) is 0 Å². The Bertz CT molecular complexity index is 648. The highest BCUT2D eigenvalue weighted by molar-refractivity contribution is 5.77. The highest BCUT2D eigenvalue weighted by Crippen LogP contribution is 2.48. The third-order valence-electron chi connectivity index (χ3n) is 6.38. The van der Waals surface area contributed by atoms with Crippen molar-refractivity contribution in [2.45, 2.75) is 83.5 Å². The van der Waals surface area contributed by atoms with Crippen molar-refractivity contribution in [2.75, 3.05) is 6.54 Å². The molecule has 0 aromatic carbocycles. The van der Waals surface area contributed by atoms with Crippen LogP contribution in [0, 0.1) is 5.41 Å². The van der Waals surface area contributed by atoms with E-state index >= 15 is 0 Å². The highest BCUT2D eigenvalue weighted by Gasteiger charge is 2.53. The third-order valence-corrected chi connectivity index (χ3v) is 6.38. The second-order valence-corrected chi connectivity index (χ2v) is 8.28. The van der Waals surface area contributed by atoms with E-state index in [1.165, 1.54) is 0 Å². The topological polar surface area (TPSA) is 87.5 Å². The zero-order chi connectivity index (χ0) is 19.4. The Morgan fingerprint density at radius 3 is 2.81 bits per heavy atom. The van der Waals surface area contributed by atoms with Crippen LogP contribution in [0.25, 0.3) is 0 Å². The number of hydrogen-bond donors (Lipinski definition) is 2. The Balaban J connectivity index is 1.55. The summed E-state index contributed by atoms with van der Waals surface area (Å²) in [5.74, 6) is 0.0409. The number of aliphatic hydroxyl groups excluding tert-OH is 1. The van der Waals surface area contributed by atoms with Crippen LogP contribution in [0.15, 0.2) is 18.5 Å². The number of likely N-dealkylation sites (tertiary alicyclic amines) is 1. The summed E-state index contributed by atoms with van der Waals surface area (Å²) in [7, 11) is 0. The highest BCUT2D eigenvalue weighted by atomic mass is 16.3. The van der Waals surface area contributed by atoms with Crippen LogP contribution in [0.5, 0.6) is 0 Å². The Morgan fingerprint density at radius 2 is 2.11 bits per heavy atom. The van der Waals surface area contributed by atoms with Crippen molar-refractivity contribution in [1.29, 1.82) is 0 Å². The lowest BCUT2D eigenvalue weighted by atomic mass is 9.75. The lowest BCUT2D eigenvalue weighted by molar-refractivity contribution is -0.134. The molecule has 0 radical (unpaired) electrons. The zero-order valence-electron chi connectivity index (χ0n) is 16.4. The van der Waals surface area contributed by atoms with Gasteiger partial charge in [-0.3, -0.25) is 14.3 Å². The number of aromatic nitrogens is 2. The first-order valence-corrected chi connectivity index (χ1v) is 10.1. The maximum absolute atomic E-state index is 12.3. The van der Waals surface area contributed by atoms with E-state index in [0.717, 1.165) is 45.1 Å². The van der Waals surface area contributed by atoms with Crippen molar-refractivity contribution in [1.82, 2.24) is 20.0 Å². The van der Waals surface area contributed by atoms with Gasteiger partial charge >= 0.3 is 0 Å². The molecule has 27 heavy (non-hydrogen) atoms. The predicted octanol–water partition coefficient (Wildman–Crippen LogP) is 1.71. The fourth-order valence-corrected chi connectivity index (χ4v) is 4.95. The van der Waals surface area contributed by atoms with E-state index in [1.54, 1.807) is 13.1 Å². The summed E-state index contributed by atoms with van der Waals surface area (Å²) in [6.45, 7) is 4.88. The molecule has 1 aromatic rings. The summed E-state index contributed by atoms with van der Waals surface area (Å²) >= 11 is 0. The first-order chi connectivity index (χ1) is 12.9. The number of hydrogen-bond acceptors (Lipinski definition) is 4. The minimum Gasteiger partial charge on any atom is -0.392 e. The molecule has 1 aromatic heterocycles. The molecule has 0 unspecified atom stereocenters. The van der Waals surface area contributed by atoms with E-state index in [9.17, 15) is 14.7 Å². The van der Waals surface area contributed by atoms with Crippen LogP contribution < -0.4 is 5.32 Å². The van der Waals surface area contributed by atoms with Gasteiger partial charge in [0, 0.05) is 50.3 Å². The number of rotatable bonds is 6.